The van der Waals surface area contributed by atoms with Gasteiger partial charge in [0.15, 0.2) is 0 Å². The Bertz CT molecular complexity index is 790. The highest BCUT2D eigenvalue weighted by Gasteiger charge is 2.24. The van der Waals surface area contributed by atoms with E-state index < -0.39 is 0 Å². The third-order valence-corrected chi connectivity index (χ3v) is 4.87. The lowest BCUT2D eigenvalue weighted by Crippen LogP contribution is -2.37. The first-order valence-corrected chi connectivity index (χ1v) is 9.20. The van der Waals surface area contributed by atoms with Crippen LogP contribution in [0.3, 0.4) is 0 Å². The average Bonchev–Trinajstić information content (AvgIpc) is 2.68. The quantitative estimate of drug-likeness (QED) is 0.757. The molecule has 142 valence electrons. The number of hydrogen-bond donors (Lipinski definition) is 3. The second-order valence-corrected chi connectivity index (χ2v) is 7.00. The van der Waals surface area contributed by atoms with Crippen molar-refractivity contribution in [3.05, 3.63) is 65.5 Å². The molecule has 0 aliphatic heterocycles. The predicted octanol–water partition coefficient (Wildman–Crippen LogP) is 3.21. The molecule has 2 unspecified atom stereocenters. The van der Waals surface area contributed by atoms with Gasteiger partial charge in [-0.05, 0) is 61.2 Å². The molecule has 2 atom stereocenters. The second kappa shape index (κ2) is 8.77. The van der Waals surface area contributed by atoms with E-state index in [2.05, 4.69) is 10.6 Å². The van der Waals surface area contributed by atoms with Crippen LogP contribution in [0, 0.1) is 11.7 Å². The Morgan fingerprint density at radius 3 is 2.41 bits per heavy atom. The van der Waals surface area contributed by atoms with E-state index >= 15 is 0 Å². The summed E-state index contributed by atoms with van der Waals surface area (Å²) in [4.78, 5) is 24.5. The van der Waals surface area contributed by atoms with Crippen molar-refractivity contribution in [1.29, 1.82) is 0 Å². The van der Waals surface area contributed by atoms with Crippen molar-refractivity contribution in [2.75, 3.05) is 5.32 Å². The molecule has 2 aromatic carbocycles. The summed E-state index contributed by atoms with van der Waals surface area (Å²) in [6, 6.07) is 12.8. The molecule has 0 saturated heterocycles. The number of anilines is 1. The fourth-order valence-corrected chi connectivity index (χ4v) is 3.31. The van der Waals surface area contributed by atoms with Crippen molar-refractivity contribution < 1.29 is 14.0 Å². The van der Waals surface area contributed by atoms with Crippen molar-refractivity contribution in [3.63, 3.8) is 0 Å². The minimum absolute atomic E-state index is 0.00508. The van der Waals surface area contributed by atoms with Gasteiger partial charge < -0.3 is 16.4 Å². The van der Waals surface area contributed by atoms with Crippen molar-refractivity contribution in [2.45, 2.75) is 38.3 Å². The Balaban J connectivity index is 1.51. The number of benzene rings is 2. The molecule has 3 rings (SSSR count). The lowest BCUT2D eigenvalue weighted by atomic mass is 9.85. The molecule has 27 heavy (non-hydrogen) atoms. The Hall–Kier alpha value is -2.73. The zero-order valence-corrected chi connectivity index (χ0v) is 15.1. The minimum Gasteiger partial charge on any atom is -0.352 e. The summed E-state index contributed by atoms with van der Waals surface area (Å²) in [5, 5.41) is 5.67. The monoisotopic (exact) mass is 369 g/mol. The molecule has 6 heteroatoms. The summed E-state index contributed by atoms with van der Waals surface area (Å²) in [5.41, 5.74) is 7.88. The maximum absolute atomic E-state index is 12.9. The predicted molar refractivity (Wildman–Crippen MR) is 103 cm³/mol. The van der Waals surface area contributed by atoms with Crippen LogP contribution < -0.4 is 16.4 Å². The molecule has 0 spiro atoms. The lowest BCUT2D eigenvalue weighted by molar-refractivity contribution is -0.126. The van der Waals surface area contributed by atoms with Gasteiger partial charge in [0, 0.05) is 29.8 Å². The standard InChI is InChI=1S/C21H24FN3O2/c22-17-8-10-19(11-9-17)25-21(27)15-6-4-14(5-7-15)13-24-20(26)16-2-1-3-18(23)12-16/h4-11,16,18H,1-3,12-13,23H2,(H,24,26)(H,25,27). The summed E-state index contributed by atoms with van der Waals surface area (Å²) in [5.74, 6) is -0.583. The maximum Gasteiger partial charge on any atom is 0.255 e. The Morgan fingerprint density at radius 1 is 1.04 bits per heavy atom. The topological polar surface area (TPSA) is 84.2 Å². The van der Waals surface area contributed by atoms with Gasteiger partial charge in [0.2, 0.25) is 5.91 Å². The molecule has 2 aromatic rings. The summed E-state index contributed by atoms with van der Waals surface area (Å²) in [6.07, 6.45) is 3.62. The summed E-state index contributed by atoms with van der Waals surface area (Å²) < 4.78 is 12.9. The van der Waals surface area contributed by atoms with Crippen molar-refractivity contribution in [1.82, 2.24) is 5.32 Å². The first kappa shape index (κ1) is 19.0. The molecule has 2 amide bonds. The molecule has 1 aliphatic rings. The van der Waals surface area contributed by atoms with Crippen molar-refractivity contribution >= 4 is 17.5 Å². The van der Waals surface area contributed by atoms with Crippen LogP contribution in [0.15, 0.2) is 48.5 Å². The Morgan fingerprint density at radius 2 is 1.74 bits per heavy atom. The van der Waals surface area contributed by atoms with E-state index in [1.165, 1.54) is 24.3 Å². The highest BCUT2D eigenvalue weighted by atomic mass is 19.1. The third-order valence-electron chi connectivity index (χ3n) is 4.87. The van der Waals surface area contributed by atoms with Gasteiger partial charge in [-0.3, -0.25) is 9.59 Å². The first-order chi connectivity index (χ1) is 13.0. The molecule has 4 N–H and O–H groups in total. The van der Waals surface area contributed by atoms with E-state index in [9.17, 15) is 14.0 Å². The van der Waals surface area contributed by atoms with Crippen LogP contribution in [-0.2, 0) is 11.3 Å². The van der Waals surface area contributed by atoms with Crippen LogP contribution in [0.25, 0.3) is 0 Å². The number of hydrogen-bond acceptors (Lipinski definition) is 3. The molecule has 0 radical (unpaired) electrons. The van der Waals surface area contributed by atoms with Gasteiger partial charge in [0.05, 0.1) is 0 Å². The molecular formula is C21H24FN3O2. The number of carbonyl (C=O) groups is 2. The minimum atomic E-state index is -0.352. The van der Waals surface area contributed by atoms with E-state index in [1.807, 2.05) is 12.1 Å². The van der Waals surface area contributed by atoms with Gasteiger partial charge in [-0.25, -0.2) is 4.39 Å². The van der Waals surface area contributed by atoms with E-state index in [1.54, 1.807) is 12.1 Å². The van der Waals surface area contributed by atoms with Gasteiger partial charge in [-0.1, -0.05) is 18.6 Å². The van der Waals surface area contributed by atoms with Gasteiger partial charge >= 0.3 is 0 Å². The SMILES string of the molecule is NC1CCCC(C(=O)NCc2ccc(C(=O)Nc3ccc(F)cc3)cc2)C1. The molecule has 1 fully saturated rings. The smallest absolute Gasteiger partial charge is 0.255 e. The van der Waals surface area contributed by atoms with Gasteiger partial charge in [-0.2, -0.15) is 0 Å². The third kappa shape index (κ3) is 5.37. The Labute approximate surface area is 158 Å². The zero-order chi connectivity index (χ0) is 19.2. The molecule has 1 saturated carbocycles. The molecule has 1 aliphatic carbocycles. The lowest BCUT2D eigenvalue weighted by Gasteiger charge is -2.25. The average molecular weight is 369 g/mol. The van der Waals surface area contributed by atoms with Gasteiger partial charge in [0.25, 0.3) is 5.91 Å². The fourth-order valence-electron chi connectivity index (χ4n) is 3.31. The number of carbonyl (C=O) groups excluding carboxylic acids is 2. The fraction of sp³-hybridized carbons (Fsp3) is 0.333. The summed E-state index contributed by atoms with van der Waals surface area (Å²) in [7, 11) is 0. The zero-order valence-electron chi connectivity index (χ0n) is 15.1. The molecular weight excluding hydrogens is 345 g/mol. The molecule has 0 heterocycles. The largest absolute Gasteiger partial charge is 0.352 e. The Kier molecular flexibility index (Phi) is 6.19. The first-order valence-electron chi connectivity index (χ1n) is 9.20. The summed E-state index contributed by atoms with van der Waals surface area (Å²) in [6.45, 7) is 0.421. The van der Waals surface area contributed by atoms with E-state index in [4.69, 9.17) is 5.73 Å². The van der Waals surface area contributed by atoms with Crippen LogP contribution in [0.4, 0.5) is 10.1 Å². The molecule has 0 aromatic heterocycles. The van der Waals surface area contributed by atoms with Crippen molar-refractivity contribution in [3.8, 4) is 0 Å². The van der Waals surface area contributed by atoms with Crippen LogP contribution in [0.1, 0.15) is 41.6 Å². The van der Waals surface area contributed by atoms with E-state index in [-0.39, 0.29) is 29.6 Å². The van der Waals surface area contributed by atoms with Crippen molar-refractivity contribution in [2.24, 2.45) is 11.7 Å². The number of nitrogens with one attached hydrogen (secondary N) is 2. The van der Waals surface area contributed by atoms with E-state index in [0.29, 0.717) is 17.8 Å². The number of halogens is 1. The maximum atomic E-state index is 12.9. The van der Waals surface area contributed by atoms with Crippen LogP contribution in [0.2, 0.25) is 0 Å². The molecule has 5 nitrogen and oxygen atoms in total. The molecule has 0 bridgehead atoms. The second-order valence-electron chi connectivity index (χ2n) is 7.00. The van der Waals surface area contributed by atoms with Crippen LogP contribution in [0.5, 0.6) is 0 Å². The van der Waals surface area contributed by atoms with Crippen LogP contribution >= 0.6 is 0 Å². The number of amides is 2. The highest BCUT2D eigenvalue weighted by Crippen LogP contribution is 2.23. The summed E-state index contributed by atoms with van der Waals surface area (Å²) >= 11 is 0. The van der Waals surface area contributed by atoms with Gasteiger partial charge in [-0.15, -0.1) is 0 Å². The normalized spacial score (nSPS) is 19.3. The van der Waals surface area contributed by atoms with E-state index in [0.717, 1.165) is 31.2 Å². The highest BCUT2D eigenvalue weighted by molar-refractivity contribution is 6.04. The number of nitrogens with two attached hydrogens (primary N) is 1. The number of rotatable bonds is 5. The van der Waals surface area contributed by atoms with Gasteiger partial charge in [0.1, 0.15) is 5.82 Å². The van der Waals surface area contributed by atoms with Crippen LogP contribution in [-0.4, -0.2) is 17.9 Å².